The molecule has 3 N–H and O–H groups in total. The third-order valence-electron chi connectivity index (χ3n) is 4.21. The van der Waals surface area contributed by atoms with Gasteiger partial charge in [0.1, 0.15) is 23.2 Å². The lowest BCUT2D eigenvalue weighted by molar-refractivity contribution is -0.112. The summed E-state index contributed by atoms with van der Waals surface area (Å²) in [7, 11) is -3.80. The van der Waals surface area contributed by atoms with Crippen LogP contribution >= 0.6 is 0 Å². The molecule has 0 saturated heterocycles. The largest absolute Gasteiger partial charge is 0.461 e. The molecule has 2 atom stereocenters. The van der Waals surface area contributed by atoms with Gasteiger partial charge in [-0.2, -0.15) is 5.26 Å². The molecule has 0 radical (unpaired) electrons. The first-order chi connectivity index (χ1) is 12.3. The molecular weight excluding hydrogens is 354 g/mol. The van der Waals surface area contributed by atoms with Crippen molar-refractivity contribution in [1.29, 1.82) is 5.26 Å². The number of sulfonamides is 1. The molecule has 1 fully saturated rings. The Morgan fingerprint density at radius 2 is 1.96 bits per heavy atom. The number of anilines is 1. The van der Waals surface area contributed by atoms with Crippen LogP contribution in [0.2, 0.25) is 0 Å². The first-order valence-corrected chi connectivity index (χ1v) is 9.48. The molecular formula is C18H17N3O4S. The van der Waals surface area contributed by atoms with E-state index in [1.54, 1.807) is 6.07 Å². The highest BCUT2D eigenvalue weighted by atomic mass is 32.2. The minimum absolute atomic E-state index is 0.0658. The minimum Gasteiger partial charge on any atom is -0.461 e. The number of nitrogens with zero attached hydrogens (tertiary/aromatic N) is 1. The summed E-state index contributed by atoms with van der Waals surface area (Å²) in [4.78, 5) is 12.2. The third-order valence-corrected chi connectivity index (χ3v) is 5.14. The lowest BCUT2D eigenvalue weighted by atomic mass is 10.2. The maximum Gasteiger partial charge on any atom is 0.266 e. The predicted molar refractivity (Wildman–Crippen MR) is 95.3 cm³/mol. The van der Waals surface area contributed by atoms with Crippen LogP contribution in [-0.4, -0.2) is 14.3 Å². The highest BCUT2D eigenvalue weighted by Gasteiger charge is 2.36. The lowest BCUT2D eigenvalue weighted by Gasteiger charge is -2.05. The van der Waals surface area contributed by atoms with Crippen LogP contribution in [0.3, 0.4) is 0 Å². The monoisotopic (exact) mass is 371 g/mol. The Kier molecular flexibility index (Phi) is 4.68. The van der Waals surface area contributed by atoms with Crippen molar-refractivity contribution < 1.29 is 17.6 Å². The summed E-state index contributed by atoms with van der Waals surface area (Å²) in [6, 6.07) is 10.8. The van der Waals surface area contributed by atoms with Gasteiger partial charge in [0, 0.05) is 17.7 Å². The van der Waals surface area contributed by atoms with E-state index in [9.17, 15) is 18.5 Å². The van der Waals surface area contributed by atoms with Gasteiger partial charge in [-0.25, -0.2) is 13.6 Å². The zero-order valence-corrected chi connectivity index (χ0v) is 14.8. The number of carbonyl (C=O) groups excluding carboxylic acids is 1. The topological polar surface area (TPSA) is 126 Å². The SMILES string of the molecule is C[C@@H]1C[C@H]1c1ccc(/C=C(\C#N)C(=O)Nc2ccc(S(N)(=O)=O)cc2)o1. The first-order valence-electron chi connectivity index (χ1n) is 7.93. The molecule has 7 nitrogen and oxygen atoms in total. The Labute approximate surface area is 151 Å². The number of benzene rings is 1. The summed E-state index contributed by atoms with van der Waals surface area (Å²) in [6.45, 7) is 2.14. The molecule has 2 aromatic rings. The van der Waals surface area contributed by atoms with Crippen molar-refractivity contribution in [1.82, 2.24) is 0 Å². The molecule has 1 aromatic heterocycles. The Bertz CT molecular complexity index is 1010. The predicted octanol–water partition coefficient (Wildman–Crippen LogP) is 2.60. The molecule has 1 aromatic carbocycles. The molecule has 3 rings (SSSR count). The standard InChI is InChI=1S/C18H17N3O4S/c1-11-8-16(11)17-7-4-14(25-17)9-12(10-19)18(22)21-13-2-5-15(6-3-13)26(20,23)24/h2-7,9,11,16H,8H2,1H3,(H,21,22)(H2,20,23,24)/b12-9+/t11-,16-/m1/s1. The maximum absolute atomic E-state index is 12.2. The number of carbonyl (C=O) groups is 1. The van der Waals surface area contributed by atoms with E-state index in [-0.39, 0.29) is 10.5 Å². The molecule has 0 spiro atoms. The van der Waals surface area contributed by atoms with Gasteiger partial charge in [0.05, 0.1) is 4.90 Å². The smallest absolute Gasteiger partial charge is 0.266 e. The average molecular weight is 371 g/mol. The second-order valence-electron chi connectivity index (χ2n) is 6.25. The van der Waals surface area contributed by atoms with E-state index >= 15 is 0 Å². The van der Waals surface area contributed by atoms with Crippen LogP contribution in [0.1, 0.15) is 30.8 Å². The molecule has 1 saturated carbocycles. The van der Waals surface area contributed by atoms with Gasteiger partial charge in [0.15, 0.2) is 0 Å². The quantitative estimate of drug-likeness (QED) is 0.617. The van der Waals surface area contributed by atoms with Gasteiger partial charge in [-0.1, -0.05) is 6.92 Å². The molecule has 26 heavy (non-hydrogen) atoms. The summed E-state index contributed by atoms with van der Waals surface area (Å²) >= 11 is 0. The first kappa shape index (κ1) is 17.9. The average Bonchev–Trinajstić information content (AvgIpc) is 3.14. The van der Waals surface area contributed by atoms with Gasteiger partial charge in [0.2, 0.25) is 10.0 Å². The van der Waals surface area contributed by atoms with Crippen molar-refractivity contribution >= 4 is 27.7 Å². The number of nitriles is 1. The maximum atomic E-state index is 12.2. The number of primary sulfonamides is 1. The number of hydrogen-bond donors (Lipinski definition) is 2. The number of hydrogen-bond acceptors (Lipinski definition) is 5. The van der Waals surface area contributed by atoms with E-state index < -0.39 is 15.9 Å². The fourth-order valence-electron chi connectivity index (χ4n) is 2.58. The van der Waals surface area contributed by atoms with Gasteiger partial charge >= 0.3 is 0 Å². The zero-order valence-electron chi connectivity index (χ0n) is 14.0. The number of rotatable bonds is 5. The van der Waals surface area contributed by atoms with Crippen molar-refractivity contribution in [3.8, 4) is 6.07 Å². The van der Waals surface area contributed by atoms with Crippen molar-refractivity contribution in [2.75, 3.05) is 5.32 Å². The van der Waals surface area contributed by atoms with Crippen molar-refractivity contribution in [2.45, 2.75) is 24.2 Å². The van der Waals surface area contributed by atoms with E-state index in [1.165, 1.54) is 30.3 Å². The van der Waals surface area contributed by atoms with Crippen LogP contribution in [0.25, 0.3) is 6.08 Å². The van der Waals surface area contributed by atoms with E-state index in [0.717, 1.165) is 12.2 Å². The third kappa shape index (κ3) is 4.02. The number of amides is 1. The normalized spacial score (nSPS) is 19.7. The molecule has 0 bridgehead atoms. The van der Waals surface area contributed by atoms with Gasteiger partial charge in [-0.05, 0) is 48.7 Å². The lowest BCUT2D eigenvalue weighted by Crippen LogP contribution is -2.14. The summed E-state index contributed by atoms with van der Waals surface area (Å²) < 4.78 is 28.1. The van der Waals surface area contributed by atoms with E-state index in [0.29, 0.717) is 23.3 Å². The van der Waals surface area contributed by atoms with Gasteiger partial charge in [-0.3, -0.25) is 4.79 Å². The Morgan fingerprint density at radius 3 is 2.50 bits per heavy atom. The highest BCUT2D eigenvalue weighted by Crippen LogP contribution is 2.47. The highest BCUT2D eigenvalue weighted by molar-refractivity contribution is 7.89. The van der Waals surface area contributed by atoms with E-state index in [4.69, 9.17) is 9.56 Å². The van der Waals surface area contributed by atoms with Crippen molar-refractivity contribution in [2.24, 2.45) is 11.1 Å². The molecule has 1 amide bonds. The van der Waals surface area contributed by atoms with Crippen LogP contribution in [-0.2, 0) is 14.8 Å². The molecule has 8 heteroatoms. The second-order valence-corrected chi connectivity index (χ2v) is 7.81. The van der Waals surface area contributed by atoms with E-state index in [2.05, 4.69) is 12.2 Å². The molecule has 1 aliphatic rings. The van der Waals surface area contributed by atoms with Gasteiger partial charge < -0.3 is 9.73 Å². The van der Waals surface area contributed by atoms with Gasteiger partial charge in [0.25, 0.3) is 5.91 Å². The van der Waals surface area contributed by atoms with Crippen LogP contribution in [0.5, 0.6) is 0 Å². The van der Waals surface area contributed by atoms with E-state index in [1.807, 2.05) is 12.1 Å². The fraction of sp³-hybridized carbons (Fsp3) is 0.222. The molecule has 1 aliphatic carbocycles. The number of nitrogens with one attached hydrogen (secondary N) is 1. The van der Waals surface area contributed by atoms with Crippen LogP contribution in [0, 0.1) is 17.2 Å². The van der Waals surface area contributed by atoms with Crippen LogP contribution in [0.15, 0.2) is 51.3 Å². The molecule has 0 unspecified atom stereocenters. The van der Waals surface area contributed by atoms with Crippen LogP contribution in [0.4, 0.5) is 5.69 Å². The zero-order chi connectivity index (χ0) is 18.9. The second kappa shape index (κ2) is 6.78. The van der Waals surface area contributed by atoms with Crippen molar-refractivity contribution in [3.63, 3.8) is 0 Å². The summed E-state index contributed by atoms with van der Waals surface area (Å²) in [6.07, 6.45) is 2.46. The summed E-state index contributed by atoms with van der Waals surface area (Å²) in [5, 5.41) is 16.8. The molecule has 1 heterocycles. The molecule has 134 valence electrons. The summed E-state index contributed by atoms with van der Waals surface area (Å²) in [5.74, 6) is 1.69. The van der Waals surface area contributed by atoms with Gasteiger partial charge in [-0.15, -0.1) is 0 Å². The summed E-state index contributed by atoms with van der Waals surface area (Å²) in [5.41, 5.74) is 0.223. The Hall–Kier alpha value is -2.89. The number of furan rings is 1. The fourth-order valence-corrected chi connectivity index (χ4v) is 3.10. The van der Waals surface area contributed by atoms with Crippen molar-refractivity contribution in [3.05, 3.63) is 53.5 Å². The molecule has 0 aliphatic heterocycles. The number of nitrogens with two attached hydrogens (primary N) is 1. The Balaban J connectivity index is 1.72. The Morgan fingerprint density at radius 1 is 1.31 bits per heavy atom. The minimum atomic E-state index is -3.80. The van der Waals surface area contributed by atoms with Crippen LogP contribution < -0.4 is 10.5 Å².